The average molecular weight is 407 g/mol. The van der Waals surface area contributed by atoms with Crippen molar-refractivity contribution in [2.45, 2.75) is 51.7 Å². The Labute approximate surface area is 178 Å². The molecule has 2 aliphatic rings. The number of benzene rings is 1. The molecule has 1 aromatic rings. The number of ketones is 2. The van der Waals surface area contributed by atoms with Gasteiger partial charge in [-0.15, -0.1) is 0 Å². The van der Waals surface area contributed by atoms with Crippen molar-refractivity contribution >= 4 is 23.7 Å². The van der Waals surface area contributed by atoms with Crippen LogP contribution in [0, 0.1) is 11.8 Å². The van der Waals surface area contributed by atoms with Gasteiger partial charge in [0.2, 0.25) is 0 Å². The third-order valence-electron chi connectivity index (χ3n) is 5.89. The number of hydrogen-bond acceptors (Lipinski definition) is 4. The number of rotatable bonds is 4. The summed E-state index contributed by atoms with van der Waals surface area (Å²) in [4.78, 5) is 24.8. The molecule has 1 aromatic carbocycles. The molecule has 30 heavy (non-hydrogen) atoms. The van der Waals surface area contributed by atoms with Crippen molar-refractivity contribution < 1.29 is 19.8 Å². The summed E-state index contributed by atoms with van der Waals surface area (Å²) in [7, 11) is 0. The lowest BCUT2D eigenvalue weighted by Gasteiger charge is -2.32. The molecule has 0 aromatic heterocycles. The molecule has 2 unspecified atom stereocenters. The third kappa shape index (κ3) is 4.94. The summed E-state index contributed by atoms with van der Waals surface area (Å²) >= 11 is 0. The lowest BCUT2D eigenvalue weighted by molar-refractivity contribution is -0.113. The molecule has 158 valence electrons. The van der Waals surface area contributed by atoms with Crippen LogP contribution in [0.15, 0.2) is 59.7 Å². The Balaban J connectivity index is 1.91. The minimum atomic E-state index is -0.989. The van der Waals surface area contributed by atoms with E-state index in [9.17, 15) is 19.8 Å². The molecule has 0 aliphatic heterocycles. The zero-order valence-corrected chi connectivity index (χ0v) is 18.1. The number of aliphatic hydroxyl groups is 2. The van der Waals surface area contributed by atoms with Crippen LogP contribution >= 0.6 is 0 Å². The maximum Gasteiger partial charge on any atom is 0.181 e. The van der Waals surface area contributed by atoms with Gasteiger partial charge in [0.05, 0.1) is 11.2 Å². The quantitative estimate of drug-likeness (QED) is 0.732. The van der Waals surface area contributed by atoms with Crippen LogP contribution in [-0.4, -0.2) is 33.0 Å². The fourth-order valence-electron chi connectivity index (χ4n) is 4.14. The van der Waals surface area contributed by atoms with E-state index in [2.05, 4.69) is 0 Å². The second-order valence-electron chi connectivity index (χ2n) is 9.28. The number of carbonyl (C=O) groups excluding carboxylic acids is 2. The zero-order chi connectivity index (χ0) is 22.1. The van der Waals surface area contributed by atoms with Crippen LogP contribution in [-0.2, 0) is 9.59 Å². The van der Waals surface area contributed by atoms with Crippen LogP contribution in [0.4, 0.5) is 0 Å². The highest BCUT2D eigenvalue weighted by atomic mass is 16.3. The first-order chi connectivity index (χ1) is 14.0. The predicted molar refractivity (Wildman–Crippen MR) is 119 cm³/mol. The van der Waals surface area contributed by atoms with E-state index in [-0.39, 0.29) is 23.4 Å². The Morgan fingerprint density at radius 3 is 1.37 bits per heavy atom. The SMILES string of the molecule is CC(C)(O)C1CC=CC(=O)/C1=C/c1ccc(/C=C2/C(=O)C=CCC2C(C)(C)O)cc1. The molecular weight excluding hydrogens is 376 g/mol. The van der Waals surface area contributed by atoms with Crippen LogP contribution in [0.1, 0.15) is 51.7 Å². The lowest BCUT2D eigenvalue weighted by Crippen LogP contribution is -2.35. The van der Waals surface area contributed by atoms with E-state index in [0.29, 0.717) is 24.0 Å². The molecule has 0 radical (unpaired) electrons. The molecule has 0 amide bonds. The van der Waals surface area contributed by atoms with E-state index in [0.717, 1.165) is 11.1 Å². The van der Waals surface area contributed by atoms with Gasteiger partial charge >= 0.3 is 0 Å². The molecule has 2 atom stereocenters. The van der Waals surface area contributed by atoms with Crippen LogP contribution in [0.5, 0.6) is 0 Å². The summed E-state index contributed by atoms with van der Waals surface area (Å²) in [6, 6.07) is 7.59. The summed E-state index contributed by atoms with van der Waals surface area (Å²) in [5.41, 5.74) is 0.948. The second-order valence-corrected chi connectivity index (χ2v) is 9.28. The Kier molecular flexibility index (Phi) is 6.11. The number of allylic oxidation sites excluding steroid dienone is 4. The first kappa shape index (κ1) is 22.1. The Hall–Kier alpha value is -2.56. The first-order valence-corrected chi connectivity index (χ1v) is 10.4. The van der Waals surface area contributed by atoms with Gasteiger partial charge < -0.3 is 10.2 Å². The largest absolute Gasteiger partial charge is 0.390 e. The van der Waals surface area contributed by atoms with E-state index < -0.39 is 11.2 Å². The van der Waals surface area contributed by atoms with Crippen LogP contribution in [0.3, 0.4) is 0 Å². The first-order valence-electron chi connectivity index (χ1n) is 10.4. The summed E-state index contributed by atoms with van der Waals surface area (Å²) in [5, 5.41) is 20.9. The molecule has 0 saturated heterocycles. The van der Waals surface area contributed by atoms with Gasteiger partial charge in [-0.3, -0.25) is 9.59 Å². The summed E-state index contributed by atoms with van der Waals surface area (Å²) in [5.74, 6) is -0.661. The van der Waals surface area contributed by atoms with Crippen molar-refractivity contribution in [3.8, 4) is 0 Å². The highest BCUT2D eigenvalue weighted by Crippen LogP contribution is 2.35. The van der Waals surface area contributed by atoms with Crippen molar-refractivity contribution in [3.05, 3.63) is 70.8 Å². The molecule has 3 rings (SSSR count). The van der Waals surface area contributed by atoms with Crippen molar-refractivity contribution in [2.75, 3.05) is 0 Å². The molecule has 4 heteroatoms. The van der Waals surface area contributed by atoms with Crippen molar-refractivity contribution in [1.82, 2.24) is 0 Å². The molecule has 0 fully saturated rings. The highest BCUT2D eigenvalue weighted by Gasteiger charge is 2.34. The summed E-state index contributed by atoms with van der Waals surface area (Å²) in [6.45, 7) is 6.90. The van der Waals surface area contributed by atoms with E-state index in [4.69, 9.17) is 0 Å². The minimum absolute atomic E-state index is 0.0767. The maximum absolute atomic E-state index is 12.4. The summed E-state index contributed by atoms with van der Waals surface area (Å²) < 4.78 is 0. The van der Waals surface area contributed by atoms with E-state index in [1.165, 1.54) is 0 Å². The van der Waals surface area contributed by atoms with Gasteiger partial charge in [-0.25, -0.2) is 0 Å². The van der Waals surface area contributed by atoms with Gasteiger partial charge in [-0.2, -0.15) is 0 Å². The smallest absolute Gasteiger partial charge is 0.181 e. The van der Waals surface area contributed by atoms with Crippen molar-refractivity contribution in [2.24, 2.45) is 11.8 Å². The molecule has 0 saturated carbocycles. The molecule has 0 spiro atoms. The molecular formula is C26H30O4. The summed E-state index contributed by atoms with van der Waals surface area (Å²) in [6.07, 6.45) is 11.7. The van der Waals surface area contributed by atoms with E-state index in [1.54, 1.807) is 39.8 Å². The Bertz CT molecular complexity index is 865. The normalized spacial score (nSPS) is 25.4. The van der Waals surface area contributed by atoms with E-state index >= 15 is 0 Å². The monoisotopic (exact) mass is 406 g/mol. The molecule has 2 aliphatic carbocycles. The third-order valence-corrected chi connectivity index (χ3v) is 5.89. The Morgan fingerprint density at radius 1 is 0.733 bits per heavy atom. The standard InChI is InChI=1S/C26H30O4/c1-25(2,29)21-7-5-9-23(27)19(21)15-17-11-13-18(14-12-17)16-20-22(26(3,4)30)8-6-10-24(20)28/h5-6,9-16,21-22,29-30H,7-8H2,1-4H3/b19-15+,20-16+. The molecule has 0 bridgehead atoms. The van der Waals surface area contributed by atoms with Crippen LogP contribution < -0.4 is 0 Å². The highest BCUT2D eigenvalue weighted by molar-refractivity contribution is 6.09. The zero-order valence-electron chi connectivity index (χ0n) is 18.1. The Morgan fingerprint density at radius 2 is 1.07 bits per heavy atom. The number of carbonyl (C=O) groups is 2. The average Bonchev–Trinajstić information content (AvgIpc) is 2.64. The number of hydrogen-bond donors (Lipinski definition) is 2. The van der Waals surface area contributed by atoms with Crippen molar-refractivity contribution in [3.63, 3.8) is 0 Å². The van der Waals surface area contributed by atoms with Crippen LogP contribution in [0.2, 0.25) is 0 Å². The maximum atomic E-state index is 12.4. The van der Waals surface area contributed by atoms with Gasteiger partial charge in [0.15, 0.2) is 11.6 Å². The fraction of sp³-hybridized carbons (Fsp3) is 0.385. The molecule has 2 N–H and O–H groups in total. The van der Waals surface area contributed by atoms with Crippen molar-refractivity contribution in [1.29, 1.82) is 0 Å². The van der Waals surface area contributed by atoms with Gasteiger partial charge in [-0.1, -0.05) is 36.4 Å². The lowest BCUT2D eigenvalue weighted by atomic mass is 9.76. The predicted octanol–water partition coefficient (Wildman–Crippen LogP) is 4.29. The van der Waals surface area contributed by atoms with Gasteiger partial charge in [0.25, 0.3) is 0 Å². The topological polar surface area (TPSA) is 74.6 Å². The fourth-order valence-corrected chi connectivity index (χ4v) is 4.14. The van der Waals surface area contributed by atoms with E-state index in [1.807, 2.05) is 48.6 Å². The van der Waals surface area contributed by atoms with Gasteiger partial charge in [-0.05, 0) is 76.0 Å². The van der Waals surface area contributed by atoms with Crippen LogP contribution in [0.25, 0.3) is 12.2 Å². The second kappa shape index (κ2) is 8.29. The molecule has 0 heterocycles. The van der Waals surface area contributed by atoms with Gasteiger partial charge in [0, 0.05) is 23.0 Å². The minimum Gasteiger partial charge on any atom is -0.390 e. The molecule has 4 nitrogen and oxygen atoms in total. The van der Waals surface area contributed by atoms with Gasteiger partial charge in [0.1, 0.15) is 0 Å².